The number of aromatic nitrogens is 8. The number of nitrogen functional groups attached to an aromatic ring is 1. The van der Waals surface area contributed by atoms with Gasteiger partial charge in [0.25, 0.3) is 0 Å². The summed E-state index contributed by atoms with van der Waals surface area (Å²) in [5.41, 5.74) is 17.9. The fraction of sp³-hybridized carbons (Fsp3) is 0.292. The average Bonchev–Trinajstić information content (AvgIpc) is 3.66. The molecule has 0 radical (unpaired) electrons. The molecule has 1 unspecified atom stereocenters. The van der Waals surface area contributed by atoms with Gasteiger partial charge >= 0.3 is 0 Å². The number of azo groups is 2. The highest BCUT2D eigenvalue weighted by Gasteiger charge is 2.30. The van der Waals surface area contributed by atoms with Crippen LogP contribution in [0.1, 0.15) is 47.2 Å². The summed E-state index contributed by atoms with van der Waals surface area (Å²) in [4.78, 5) is 32.5. The molecule has 1 atom stereocenters. The Balaban J connectivity index is 1.44. The third-order valence-corrected chi connectivity index (χ3v) is 6.45. The van der Waals surface area contributed by atoms with Gasteiger partial charge in [-0.2, -0.15) is 20.0 Å². The molecule has 0 aromatic carbocycles. The van der Waals surface area contributed by atoms with E-state index >= 15 is 0 Å². The van der Waals surface area contributed by atoms with Crippen molar-refractivity contribution in [3.8, 4) is 5.82 Å². The summed E-state index contributed by atoms with van der Waals surface area (Å²) < 4.78 is 4.30. The predicted octanol–water partition coefficient (Wildman–Crippen LogP) is 2.47. The summed E-state index contributed by atoms with van der Waals surface area (Å²) in [5.74, 6) is 1.39. The van der Waals surface area contributed by atoms with E-state index in [1.807, 2.05) is 6.92 Å². The average molecular weight is 573 g/mol. The maximum absolute atomic E-state index is 11.9. The van der Waals surface area contributed by atoms with Crippen molar-refractivity contribution in [1.29, 1.82) is 0 Å². The van der Waals surface area contributed by atoms with Gasteiger partial charge in [0, 0.05) is 20.2 Å². The number of hydrogen-bond acceptors (Lipinski definition) is 15. The third-order valence-electron chi connectivity index (χ3n) is 6.45. The SMILES string of the molecule is CC(=O)c1cnn(C)c1/N=N/C1=C(N)N(c2cc(-n3nc(C)c(/N=N/c4c(C(C)=O)cnn4C)c3N)ncn2)NC1C. The number of hydrogen-bond donors (Lipinski definition) is 3. The molecule has 0 saturated carbocycles. The second-order valence-electron chi connectivity index (χ2n) is 9.45. The Morgan fingerprint density at radius 2 is 1.48 bits per heavy atom. The zero-order chi connectivity index (χ0) is 30.3. The first-order valence-corrected chi connectivity index (χ1v) is 12.6. The van der Waals surface area contributed by atoms with Crippen LogP contribution in [0.25, 0.3) is 5.82 Å². The van der Waals surface area contributed by atoms with E-state index in [1.54, 1.807) is 27.1 Å². The third kappa shape index (κ3) is 4.89. The number of Topliss-reactive ketones (excluding diaryl/α,β-unsaturated/α-hetero) is 2. The smallest absolute Gasteiger partial charge is 0.183 e. The van der Waals surface area contributed by atoms with Crippen molar-refractivity contribution in [3.05, 3.63) is 53.1 Å². The minimum atomic E-state index is -0.336. The highest BCUT2D eigenvalue weighted by molar-refractivity contribution is 5.98. The van der Waals surface area contributed by atoms with Crippen molar-refractivity contribution < 1.29 is 9.59 Å². The zero-order valence-electron chi connectivity index (χ0n) is 23.7. The van der Waals surface area contributed by atoms with Crippen LogP contribution in [-0.2, 0) is 14.1 Å². The van der Waals surface area contributed by atoms with Crippen molar-refractivity contribution in [3.63, 3.8) is 0 Å². The Hall–Kier alpha value is -5.65. The largest absolute Gasteiger partial charge is 0.382 e. The number of hydrazine groups is 1. The van der Waals surface area contributed by atoms with E-state index in [4.69, 9.17) is 11.5 Å². The van der Waals surface area contributed by atoms with E-state index in [0.29, 0.717) is 51.5 Å². The normalized spacial score (nSPS) is 15.6. The van der Waals surface area contributed by atoms with Crippen LogP contribution in [-0.4, -0.2) is 56.9 Å². The van der Waals surface area contributed by atoms with Gasteiger partial charge in [0.15, 0.2) is 46.3 Å². The summed E-state index contributed by atoms with van der Waals surface area (Å²) >= 11 is 0. The first kappa shape index (κ1) is 27.9. The molecule has 0 bridgehead atoms. The fourth-order valence-corrected chi connectivity index (χ4v) is 4.19. The minimum Gasteiger partial charge on any atom is -0.382 e. The highest BCUT2D eigenvalue weighted by atomic mass is 16.1. The van der Waals surface area contributed by atoms with Crippen LogP contribution in [0.15, 0.2) is 56.8 Å². The molecule has 216 valence electrons. The Labute approximate surface area is 238 Å². The van der Waals surface area contributed by atoms with Gasteiger partial charge in [-0.25, -0.2) is 29.8 Å². The monoisotopic (exact) mass is 572 g/mol. The zero-order valence-corrected chi connectivity index (χ0v) is 23.7. The number of anilines is 2. The number of nitrogens with two attached hydrogens (primary N) is 2. The van der Waals surface area contributed by atoms with E-state index in [2.05, 4.69) is 51.1 Å². The van der Waals surface area contributed by atoms with Crippen LogP contribution in [0.5, 0.6) is 0 Å². The molecule has 0 saturated heterocycles. The first-order chi connectivity index (χ1) is 20.0. The lowest BCUT2D eigenvalue weighted by Gasteiger charge is -2.19. The predicted molar refractivity (Wildman–Crippen MR) is 150 cm³/mol. The molecule has 0 spiro atoms. The van der Waals surface area contributed by atoms with Gasteiger partial charge < -0.3 is 11.5 Å². The molecule has 5 N–H and O–H groups in total. The summed E-state index contributed by atoms with van der Waals surface area (Å²) in [6.45, 7) is 6.43. The molecular formula is C24H28N16O2. The number of carbonyl (C=O) groups is 2. The lowest BCUT2D eigenvalue weighted by atomic mass is 10.2. The molecule has 18 nitrogen and oxygen atoms in total. The van der Waals surface area contributed by atoms with E-state index in [9.17, 15) is 9.59 Å². The van der Waals surface area contributed by atoms with Crippen molar-refractivity contribution in [1.82, 2.24) is 44.7 Å². The molecule has 4 aromatic heterocycles. The minimum absolute atomic E-state index is 0.172. The molecule has 5 heterocycles. The van der Waals surface area contributed by atoms with Gasteiger partial charge in [-0.05, 0) is 27.7 Å². The van der Waals surface area contributed by atoms with Gasteiger partial charge in [0.05, 0.1) is 35.3 Å². The van der Waals surface area contributed by atoms with Gasteiger partial charge in [0.2, 0.25) is 0 Å². The summed E-state index contributed by atoms with van der Waals surface area (Å²) in [5, 5.41) is 31.2. The molecule has 0 amide bonds. The molecule has 0 aliphatic carbocycles. The molecule has 4 aromatic rings. The number of aryl methyl sites for hydroxylation is 3. The van der Waals surface area contributed by atoms with Gasteiger partial charge in [-0.15, -0.1) is 20.5 Å². The van der Waals surface area contributed by atoms with E-state index in [1.165, 1.54) is 51.6 Å². The number of nitrogens with one attached hydrogen (secondary N) is 1. The van der Waals surface area contributed by atoms with Gasteiger partial charge in [0.1, 0.15) is 17.8 Å². The number of ketones is 2. The Bertz CT molecular complexity index is 1810. The Kier molecular flexibility index (Phi) is 7.13. The molecule has 42 heavy (non-hydrogen) atoms. The second kappa shape index (κ2) is 10.7. The lowest BCUT2D eigenvalue weighted by molar-refractivity contribution is 0.101. The molecular weight excluding hydrogens is 544 g/mol. The van der Waals surface area contributed by atoms with Crippen LogP contribution in [0.4, 0.5) is 29.0 Å². The van der Waals surface area contributed by atoms with Crippen LogP contribution in [0, 0.1) is 6.92 Å². The van der Waals surface area contributed by atoms with Crippen LogP contribution in [0.3, 0.4) is 0 Å². The summed E-state index contributed by atoms with van der Waals surface area (Å²) in [7, 11) is 3.33. The lowest BCUT2D eigenvalue weighted by Crippen LogP contribution is -2.38. The molecule has 1 aliphatic heterocycles. The molecule has 0 fully saturated rings. The van der Waals surface area contributed by atoms with Gasteiger partial charge in [-0.1, -0.05) is 0 Å². The standard InChI is InChI=1S/C24H28N16O2/c1-11-19(31-33-23-15(13(3)41)8-29-37(23)5)21(25)39(35-11)17-7-18(28-10-27-17)40-22(26)20(12(2)36-40)32-34-24-16(14(4)42)9-30-38(24)6/h7-11,35H,25-26H2,1-6H3/b33-31+,34-32+. The maximum Gasteiger partial charge on any atom is 0.183 e. The number of nitrogens with zero attached hydrogens (tertiary/aromatic N) is 13. The van der Waals surface area contributed by atoms with Gasteiger partial charge in [-0.3, -0.25) is 9.59 Å². The van der Waals surface area contributed by atoms with E-state index in [-0.39, 0.29) is 29.2 Å². The van der Waals surface area contributed by atoms with E-state index in [0.717, 1.165) is 0 Å². The number of rotatable bonds is 8. The molecule has 18 heteroatoms. The van der Waals surface area contributed by atoms with Crippen molar-refractivity contribution in [2.75, 3.05) is 10.7 Å². The van der Waals surface area contributed by atoms with Crippen molar-refractivity contribution in [2.45, 2.75) is 33.7 Å². The fourth-order valence-electron chi connectivity index (χ4n) is 4.19. The quantitative estimate of drug-likeness (QED) is 0.205. The van der Waals surface area contributed by atoms with Crippen LogP contribution in [0.2, 0.25) is 0 Å². The second-order valence-corrected chi connectivity index (χ2v) is 9.45. The molecule has 5 rings (SSSR count). The number of carbonyl (C=O) groups excluding carboxylic acids is 2. The maximum atomic E-state index is 11.9. The summed E-state index contributed by atoms with van der Waals surface area (Å²) in [6.07, 6.45) is 4.21. The Morgan fingerprint density at radius 1 is 0.905 bits per heavy atom. The highest BCUT2D eigenvalue weighted by Crippen LogP contribution is 2.32. The van der Waals surface area contributed by atoms with Crippen molar-refractivity contribution >= 4 is 40.5 Å². The van der Waals surface area contributed by atoms with E-state index < -0.39 is 0 Å². The van der Waals surface area contributed by atoms with Crippen LogP contribution >= 0.6 is 0 Å². The topological polar surface area (TPSA) is 230 Å². The van der Waals surface area contributed by atoms with Crippen LogP contribution < -0.4 is 21.9 Å². The molecule has 1 aliphatic rings. The summed E-state index contributed by atoms with van der Waals surface area (Å²) in [6, 6.07) is 1.29. The first-order valence-electron chi connectivity index (χ1n) is 12.6. The van der Waals surface area contributed by atoms with Crippen molar-refractivity contribution in [2.24, 2.45) is 40.3 Å². The Morgan fingerprint density at radius 3 is 2.07 bits per heavy atom.